The van der Waals surface area contributed by atoms with Crippen LogP contribution in [0.1, 0.15) is 16.7 Å². The van der Waals surface area contributed by atoms with Crippen molar-refractivity contribution in [3.63, 3.8) is 0 Å². The summed E-state index contributed by atoms with van der Waals surface area (Å²) in [5.74, 6) is -0.299. The Morgan fingerprint density at radius 2 is 1.88 bits per heavy atom. The number of aromatic nitrogens is 2. The molecule has 0 aliphatic heterocycles. The average Bonchev–Trinajstić information content (AvgIpc) is 2.64. The second-order valence-electron chi connectivity index (χ2n) is 6.08. The van der Waals surface area contributed by atoms with Crippen molar-refractivity contribution in [1.29, 1.82) is 0 Å². The fraction of sp³-hybridized carbons (Fsp3) is 0.200. The lowest BCUT2D eigenvalue weighted by molar-refractivity contribution is 0.278. The molecule has 0 fully saturated rings. The fourth-order valence-electron chi connectivity index (χ4n) is 2.69. The van der Waals surface area contributed by atoms with E-state index in [2.05, 4.69) is 5.10 Å². The Kier molecular flexibility index (Phi) is 5.49. The van der Waals surface area contributed by atoms with Crippen LogP contribution in [-0.4, -0.2) is 14.9 Å². The van der Waals surface area contributed by atoms with Gasteiger partial charge in [-0.15, -0.1) is 0 Å². The molecule has 0 bridgehead atoms. The van der Waals surface area contributed by atoms with Crippen LogP contribution in [0.4, 0.5) is 4.39 Å². The Morgan fingerprint density at radius 1 is 1.15 bits per heavy atom. The molecule has 0 aliphatic carbocycles. The van der Waals surface area contributed by atoms with Crippen molar-refractivity contribution >= 4 is 11.6 Å². The Balaban J connectivity index is 1.95. The molecule has 0 saturated carbocycles. The maximum absolute atomic E-state index is 13.5. The number of rotatable bonds is 5. The van der Waals surface area contributed by atoms with Gasteiger partial charge in [-0.1, -0.05) is 23.7 Å². The van der Waals surface area contributed by atoms with Gasteiger partial charge in [-0.2, -0.15) is 5.10 Å². The number of hydrogen-bond acceptors (Lipinski definition) is 3. The molecule has 4 nitrogen and oxygen atoms in total. The first-order chi connectivity index (χ1) is 12.5. The summed E-state index contributed by atoms with van der Waals surface area (Å²) in [6.45, 7) is 1.65. The van der Waals surface area contributed by atoms with E-state index in [-0.39, 0.29) is 23.5 Å². The minimum absolute atomic E-state index is 0.257. The third kappa shape index (κ3) is 4.00. The van der Waals surface area contributed by atoms with E-state index in [4.69, 9.17) is 11.6 Å². The lowest BCUT2D eigenvalue weighted by Crippen LogP contribution is -2.27. The zero-order chi connectivity index (χ0) is 18.7. The summed E-state index contributed by atoms with van der Waals surface area (Å²) in [6.07, 6.45) is 0.598. The Labute approximate surface area is 155 Å². The number of aliphatic hydroxyl groups is 1. The van der Waals surface area contributed by atoms with Gasteiger partial charge < -0.3 is 5.11 Å². The minimum Gasteiger partial charge on any atom is -0.391 e. The zero-order valence-corrected chi connectivity index (χ0v) is 15.0. The molecule has 0 aliphatic rings. The van der Waals surface area contributed by atoms with Crippen molar-refractivity contribution in [2.75, 3.05) is 0 Å². The van der Waals surface area contributed by atoms with Crippen LogP contribution in [0.15, 0.2) is 53.3 Å². The molecular formula is C20H18ClFN2O2. The predicted molar refractivity (Wildman–Crippen MR) is 99.7 cm³/mol. The van der Waals surface area contributed by atoms with Crippen molar-refractivity contribution in [3.8, 4) is 11.3 Å². The third-order valence-corrected chi connectivity index (χ3v) is 4.45. The van der Waals surface area contributed by atoms with Crippen molar-refractivity contribution in [2.45, 2.75) is 26.5 Å². The number of benzene rings is 2. The van der Waals surface area contributed by atoms with E-state index < -0.39 is 0 Å². The van der Waals surface area contributed by atoms with Crippen molar-refractivity contribution in [3.05, 3.63) is 86.4 Å². The van der Waals surface area contributed by atoms with Gasteiger partial charge in [0.1, 0.15) is 5.82 Å². The molecule has 0 spiro atoms. The number of nitrogens with zero attached hydrogens (tertiary/aromatic N) is 2. The molecule has 1 aromatic heterocycles. The maximum Gasteiger partial charge on any atom is 0.272 e. The average molecular weight is 373 g/mol. The van der Waals surface area contributed by atoms with Gasteiger partial charge in [0, 0.05) is 22.7 Å². The lowest BCUT2D eigenvalue weighted by Gasteiger charge is -2.11. The number of halogens is 2. The molecule has 0 amide bonds. The smallest absolute Gasteiger partial charge is 0.272 e. The van der Waals surface area contributed by atoms with Crippen LogP contribution in [0, 0.1) is 12.7 Å². The number of aliphatic hydroxyl groups excluding tert-OH is 1. The van der Waals surface area contributed by atoms with Gasteiger partial charge in [-0.25, -0.2) is 9.07 Å². The Bertz CT molecular complexity index is 984. The maximum atomic E-state index is 13.5. The van der Waals surface area contributed by atoms with Gasteiger partial charge in [0.05, 0.1) is 12.3 Å². The van der Waals surface area contributed by atoms with Crippen molar-refractivity contribution < 1.29 is 9.50 Å². The van der Waals surface area contributed by atoms with Crippen LogP contribution in [0.3, 0.4) is 0 Å². The standard InChI is InChI=1S/C20H18ClFN2O2/c1-13-10-15(4-7-18(13)22)19-11-16(12-25)20(26)24(23-19)9-8-14-2-5-17(21)6-3-14/h2-7,10-11,25H,8-9,12H2,1H3. The zero-order valence-electron chi connectivity index (χ0n) is 14.2. The number of aryl methyl sites for hydroxylation is 3. The van der Waals surface area contributed by atoms with Gasteiger partial charge in [0.2, 0.25) is 0 Å². The third-order valence-electron chi connectivity index (χ3n) is 4.20. The van der Waals surface area contributed by atoms with Crippen molar-refractivity contribution in [2.24, 2.45) is 0 Å². The normalized spacial score (nSPS) is 10.9. The van der Waals surface area contributed by atoms with Crippen LogP contribution >= 0.6 is 11.6 Å². The molecule has 0 atom stereocenters. The summed E-state index contributed by atoms with van der Waals surface area (Å²) in [7, 11) is 0. The van der Waals surface area contributed by atoms with Crippen LogP contribution in [0.5, 0.6) is 0 Å². The first kappa shape index (κ1) is 18.3. The summed E-state index contributed by atoms with van der Waals surface area (Å²) >= 11 is 5.88. The molecule has 0 saturated heterocycles. The first-order valence-electron chi connectivity index (χ1n) is 8.21. The SMILES string of the molecule is Cc1cc(-c2cc(CO)c(=O)n(CCc3ccc(Cl)cc3)n2)ccc1F. The molecule has 0 radical (unpaired) electrons. The molecular weight excluding hydrogens is 355 g/mol. The van der Waals surface area contributed by atoms with E-state index >= 15 is 0 Å². The Hall–Kier alpha value is -2.50. The summed E-state index contributed by atoms with van der Waals surface area (Å²) in [6, 6.07) is 13.6. The molecule has 3 rings (SSSR count). The largest absolute Gasteiger partial charge is 0.391 e. The van der Waals surface area contributed by atoms with Crippen LogP contribution in [-0.2, 0) is 19.6 Å². The molecule has 2 aromatic carbocycles. The van der Waals surface area contributed by atoms with E-state index in [0.717, 1.165) is 5.56 Å². The quantitative estimate of drug-likeness (QED) is 0.742. The molecule has 0 unspecified atom stereocenters. The Morgan fingerprint density at radius 3 is 2.54 bits per heavy atom. The lowest BCUT2D eigenvalue weighted by atomic mass is 10.1. The highest BCUT2D eigenvalue weighted by Crippen LogP contribution is 2.20. The van der Waals surface area contributed by atoms with E-state index in [0.29, 0.717) is 34.8 Å². The van der Waals surface area contributed by atoms with E-state index in [9.17, 15) is 14.3 Å². The van der Waals surface area contributed by atoms with Crippen LogP contribution in [0.2, 0.25) is 5.02 Å². The molecule has 1 heterocycles. The van der Waals surface area contributed by atoms with Gasteiger partial charge in [-0.3, -0.25) is 4.79 Å². The highest BCUT2D eigenvalue weighted by Gasteiger charge is 2.11. The van der Waals surface area contributed by atoms with E-state index in [1.807, 2.05) is 12.1 Å². The van der Waals surface area contributed by atoms with Gasteiger partial charge in [0.15, 0.2) is 0 Å². The van der Waals surface area contributed by atoms with Gasteiger partial charge in [0.25, 0.3) is 5.56 Å². The van der Waals surface area contributed by atoms with Gasteiger partial charge >= 0.3 is 0 Å². The highest BCUT2D eigenvalue weighted by molar-refractivity contribution is 6.30. The summed E-state index contributed by atoms with van der Waals surface area (Å²) in [5, 5.41) is 14.6. The van der Waals surface area contributed by atoms with Crippen LogP contribution < -0.4 is 5.56 Å². The van der Waals surface area contributed by atoms with E-state index in [1.165, 1.54) is 10.7 Å². The molecule has 134 valence electrons. The number of hydrogen-bond donors (Lipinski definition) is 1. The second kappa shape index (κ2) is 7.81. The second-order valence-corrected chi connectivity index (χ2v) is 6.52. The fourth-order valence-corrected chi connectivity index (χ4v) is 2.82. The predicted octanol–water partition coefficient (Wildman–Crippen LogP) is 3.75. The molecule has 3 aromatic rings. The minimum atomic E-state index is -0.379. The summed E-state index contributed by atoms with van der Waals surface area (Å²) in [4.78, 5) is 12.4. The molecule has 26 heavy (non-hydrogen) atoms. The topological polar surface area (TPSA) is 55.1 Å². The monoisotopic (exact) mass is 372 g/mol. The van der Waals surface area contributed by atoms with Crippen molar-refractivity contribution in [1.82, 2.24) is 9.78 Å². The highest BCUT2D eigenvalue weighted by atomic mass is 35.5. The first-order valence-corrected chi connectivity index (χ1v) is 8.58. The molecule has 1 N–H and O–H groups in total. The van der Waals surface area contributed by atoms with Crippen LogP contribution in [0.25, 0.3) is 11.3 Å². The molecule has 6 heteroatoms. The van der Waals surface area contributed by atoms with E-state index in [1.54, 1.807) is 37.3 Å². The summed E-state index contributed by atoms with van der Waals surface area (Å²) in [5.41, 5.74) is 2.66. The van der Waals surface area contributed by atoms with Gasteiger partial charge in [-0.05, 0) is 60.9 Å². The summed E-state index contributed by atoms with van der Waals surface area (Å²) < 4.78 is 14.9.